The van der Waals surface area contributed by atoms with Gasteiger partial charge < -0.3 is 15.3 Å². The van der Waals surface area contributed by atoms with E-state index in [4.69, 9.17) is 0 Å². The van der Waals surface area contributed by atoms with Crippen LogP contribution in [0.25, 0.3) is 0 Å². The third kappa shape index (κ3) is 6.09. The number of carbonyl (C=O) groups is 4. The Morgan fingerprint density at radius 3 is 2.54 bits per heavy atom. The van der Waals surface area contributed by atoms with Crippen LogP contribution in [0.4, 0.5) is 0 Å². The van der Waals surface area contributed by atoms with Crippen molar-refractivity contribution in [2.45, 2.75) is 45.2 Å². The number of likely N-dealkylation sites (tertiary alicyclic amines) is 1. The summed E-state index contributed by atoms with van der Waals surface area (Å²) in [5, 5.41) is 12.0. The second kappa shape index (κ2) is 10.3. The molecule has 152 valence electrons. The van der Waals surface area contributed by atoms with Gasteiger partial charge in [0.2, 0.25) is 11.8 Å². The quantitative estimate of drug-likeness (QED) is 0.681. The predicted molar refractivity (Wildman–Crippen MR) is 107 cm³/mol. The molecule has 1 fully saturated rings. The molecule has 1 heterocycles. The molecular weight excluding hydrogens is 380 g/mol. The van der Waals surface area contributed by atoms with Crippen LogP contribution in [0, 0.1) is 5.92 Å². The lowest BCUT2D eigenvalue weighted by Gasteiger charge is -2.27. The molecule has 0 radical (unpaired) electrons. The zero-order valence-corrected chi connectivity index (χ0v) is 16.9. The molecule has 0 spiro atoms. The van der Waals surface area contributed by atoms with Gasteiger partial charge in [-0.25, -0.2) is 4.79 Å². The van der Waals surface area contributed by atoms with Gasteiger partial charge in [0.25, 0.3) is 0 Å². The molecule has 28 heavy (non-hydrogen) atoms. The van der Waals surface area contributed by atoms with Crippen molar-refractivity contribution in [2.24, 2.45) is 5.92 Å². The monoisotopic (exact) mass is 406 g/mol. The van der Waals surface area contributed by atoms with Crippen molar-refractivity contribution in [3.63, 3.8) is 0 Å². The first-order chi connectivity index (χ1) is 13.3. The van der Waals surface area contributed by atoms with E-state index in [-0.39, 0.29) is 23.4 Å². The summed E-state index contributed by atoms with van der Waals surface area (Å²) in [6.07, 6.45) is 1.36. The lowest BCUT2D eigenvalue weighted by Crippen LogP contribution is -2.52. The SMILES string of the molecule is CC(=O)SC[C@H](C)C(=O)N1CCC[C@@H]1C(=O)NC(Cc1ccccc1)C(=O)O. The first-order valence-corrected chi connectivity index (χ1v) is 10.3. The summed E-state index contributed by atoms with van der Waals surface area (Å²) in [6, 6.07) is 7.35. The number of thioether (sulfide) groups is 1. The Bertz CT molecular complexity index is 725. The normalized spacial score (nSPS) is 18.4. The van der Waals surface area contributed by atoms with E-state index >= 15 is 0 Å². The summed E-state index contributed by atoms with van der Waals surface area (Å²) in [4.78, 5) is 49.6. The van der Waals surface area contributed by atoms with Crippen molar-refractivity contribution in [2.75, 3.05) is 12.3 Å². The van der Waals surface area contributed by atoms with Crippen LogP contribution in [0.2, 0.25) is 0 Å². The smallest absolute Gasteiger partial charge is 0.326 e. The Balaban J connectivity index is 2.01. The average molecular weight is 407 g/mol. The summed E-state index contributed by atoms with van der Waals surface area (Å²) in [6.45, 7) is 3.65. The minimum atomic E-state index is -1.11. The van der Waals surface area contributed by atoms with Gasteiger partial charge in [-0.1, -0.05) is 49.0 Å². The molecular formula is C20H26N2O5S. The van der Waals surface area contributed by atoms with E-state index in [1.54, 1.807) is 6.92 Å². The molecule has 1 saturated heterocycles. The maximum atomic E-state index is 12.7. The minimum Gasteiger partial charge on any atom is -0.480 e. The highest BCUT2D eigenvalue weighted by molar-refractivity contribution is 8.13. The van der Waals surface area contributed by atoms with E-state index in [9.17, 15) is 24.3 Å². The van der Waals surface area contributed by atoms with Gasteiger partial charge in [0.05, 0.1) is 0 Å². The third-order valence-electron chi connectivity index (χ3n) is 4.69. The van der Waals surface area contributed by atoms with Gasteiger partial charge in [-0.2, -0.15) is 0 Å². The number of carboxylic acids is 1. The Morgan fingerprint density at radius 1 is 1.25 bits per heavy atom. The molecule has 3 atom stereocenters. The van der Waals surface area contributed by atoms with Gasteiger partial charge in [0.1, 0.15) is 12.1 Å². The minimum absolute atomic E-state index is 0.0550. The van der Waals surface area contributed by atoms with Crippen molar-refractivity contribution in [1.82, 2.24) is 10.2 Å². The van der Waals surface area contributed by atoms with Gasteiger partial charge in [-0.3, -0.25) is 14.4 Å². The number of hydrogen-bond donors (Lipinski definition) is 2. The highest BCUT2D eigenvalue weighted by Gasteiger charge is 2.37. The standard InChI is InChI=1S/C20H26N2O5S/c1-13(12-28-14(2)23)19(25)22-10-6-9-17(22)18(24)21-16(20(26)27)11-15-7-4-3-5-8-15/h3-5,7-8,13,16-17H,6,9-12H2,1-2H3,(H,21,24)(H,26,27)/t13-,16?,17+/m0/s1. The molecule has 2 N–H and O–H groups in total. The number of carboxylic acid groups (broad SMARTS) is 1. The van der Waals surface area contributed by atoms with Gasteiger partial charge in [-0.15, -0.1) is 0 Å². The zero-order valence-electron chi connectivity index (χ0n) is 16.1. The molecule has 8 heteroatoms. The fourth-order valence-corrected chi connectivity index (χ4v) is 3.84. The van der Waals surface area contributed by atoms with E-state index in [1.807, 2.05) is 30.3 Å². The molecule has 0 aromatic heterocycles. The predicted octanol–water partition coefficient (Wildman–Crippen LogP) is 1.71. The van der Waals surface area contributed by atoms with Crippen LogP contribution in [-0.4, -0.2) is 57.3 Å². The largest absolute Gasteiger partial charge is 0.480 e. The van der Waals surface area contributed by atoms with E-state index in [0.29, 0.717) is 25.1 Å². The van der Waals surface area contributed by atoms with E-state index < -0.39 is 24.0 Å². The number of aliphatic carboxylic acids is 1. The Morgan fingerprint density at radius 2 is 1.93 bits per heavy atom. The maximum absolute atomic E-state index is 12.7. The van der Waals surface area contributed by atoms with Crippen molar-refractivity contribution in [3.8, 4) is 0 Å². The highest BCUT2D eigenvalue weighted by Crippen LogP contribution is 2.22. The van der Waals surface area contributed by atoms with E-state index in [2.05, 4.69) is 5.32 Å². The van der Waals surface area contributed by atoms with E-state index in [0.717, 1.165) is 17.3 Å². The summed E-state index contributed by atoms with van der Waals surface area (Å²) in [5.74, 6) is -1.76. The number of nitrogens with zero attached hydrogens (tertiary/aromatic N) is 1. The van der Waals surface area contributed by atoms with Crippen LogP contribution in [0.5, 0.6) is 0 Å². The van der Waals surface area contributed by atoms with Crippen LogP contribution in [0.15, 0.2) is 30.3 Å². The number of benzene rings is 1. The Hall–Kier alpha value is -2.35. The van der Waals surface area contributed by atoms with Crippen LogP contribution in [-0.2, 0) is 25.6 Å². The fourth-order valence-electron chi connectivity index (χ4n) is 3.22. The van der Waals surface area contributed by atoms with E-state index in [1.165, 1.54) is 11.8 Å². The average Bonchev–Trinajstić information content (AvgIpc) is 3.15. The van der Waals surface area contributed by atoms with Crippen molar-refractivity contribution in [1.29, 1.82) is 0 Å². The maximum Gasteiger partial charge on any atom is 0.326 e. The molecule has 0 bridgehead atoms. The van der Waals surface area contributed by atoms with Crippen molar-refractivity contribution < 1.29 is 24.3 Å². The summed E-state index contributed by atoms with van der Waals surface area (Å²) in [5.41, 5.74) is 0.810. The summed E-state index contributed by atoms with van der Waals surface area (Å²) in [7, 11) is 0. The highest BCUT2D eigenvalue weighted by atomic mass is 32.2. The number of hydrogen-bond acceptors (Lipinski definition) is 5. The first kappa shape index (κ1) is 21.9. The topological polar surface area (TPSA) is 104 Å². The fraction of sp³-hybridized carbons (Fsp3) is 0.500. The lowest BCUT2D eigenvalue weighted by atomic mass is 10.1. The molecule has 2 amide bonds. The second-order valence-corrected chi connectivity index (χ2v) is 8.18. The molecule has 1 aromatic carbocycles. The Labute approximate surface area is 168 Å². The number of nitrogens with one attached hydrogen (secondary N) is 1. The first-order valence-electron chi connectivity index (χ1n) is 9.30. The van der Waals surface area contributed by atoms with Crippen LogP contribution in [0.3, 0.4) is 0 Å². The van der Waals surface area contributed by atoms with Gasteiger partial charge in [0.15, 0.2) is 5.12 Å². The number of carbonyl (C=O) groups excluding carboxylic acids is 3. The zero-order chi connectivity index (χ0) is 20.7. The molecule has 0 aliphatic carbocycles. The summed E-state index contributed by atoms with van der Waals surface area (Å²) < 4.78 is 0. The van der Waals surface area contributed by atoms with Gasteiger partial charge in [0, 0.05) is 31.6 Å². The second-order valence-electron chi connectivity index (χ2n) is 6.98. The van der Waals surface area contributed by atoms with Gasteiger partial charge >= 0.3 is 5.97 Å². The van der Waals surface area contributed by atoms with Crippen LogP contribution in [0.1, 0.15) is 32.3 Å². The van der Waals surface area contributed by atoms with Crippen molar-refractivity contribution >= 4 is 34.7 Å². The number of amides is 2. The molecule has 2 rings (SSSR count). The molecule has 7 nitrogen and oxygen atoms in total. The Kier molecular flexibility index (Phi) is 8.04. The molecule has 0 saturated carbocycles. The van der Waals surface area contributed by atoms with Crippen LogP contribution < -0.4 is 5.32 Å². The summed E-state index contributed by atoms with van der Waals surface area (Å²) >= 11 is 1.09. The molecule has 1 unspecified atom stereocenters. The molecule has 1 aliphatic heterocycles. The van der Waals surface area contributed by atoms with Crippen molar-refractivity contribution in [3.05, 3.63) is 35.9 Å². The van der Waals surface area contributed by atoms with Gasteiger partial charge in [-0.05, 0) is 18.4 Å². The third-order valence-corrected chi connectivity index (χ3v) is 5.77. The molecule has 1 aromatic rings. The lowest BCUT2D eigenvalue weighted by molar-refractivity contribution is -0.144. The number of rotatable bonds is 8. The molecule has 1 aliphatic rings. The van der Waals surface area contributed by atoms with Crippen LogP contribution >= 0.6 is 11.8 Å².